The molecule has 1 aliphatic rings. The molecule has 3 rings (SSSR count). The third-order valence-electron chi connectivity index (χ3n) is 3.38. The summed E-state index contributed by atoms with van der Waals surface area (Å²) in [5, 5.41) is 11.3. The van der Waals surface area contributed by atoms with E-state index in [-0.39, 0.29) is 5.82 Å². The molecule has 0 atom stereocenters. The number of halogens is 1. The average molecular weight is 276 g/mol. The first-order valence-corrected chi connectivity index (χ1v) is 6.72. The van der Waals surface area contributed by atoms with E-state index in [2.05, 4.69) is 15.6 Å². The largest absolute Gasteiger partial charge is 0.497 e. The van der Waals surface area contributed by atoms with Crippen LogP contribution in [0.2, 0.25) is 0 Å². The average Bonchev–Trinajstić information content (AvgIpc) is 3.16. The summed E-state index contributed by atoms with van der Waals surface area (Å²) in [5.41, 5.74) is 1.14. The molecule has 6 heteroatoms. The van der Waals surface area contributed by atoms with Gasteiger partial charge < -0.3 is 10.1 Å². The van der Waals surface area contributed by atoms with Gasteiger partial charge in [0.25, 0.3) is 0 Å². The molecule has 0 bridgehead atoms. The van der Waals surface area contributed by atoms with E-state index in [1.165, 1.54) is 23.6 Å². The Bertz CT molecular complexity index is 595. The lowest BCUT2D eigenvalue weighted by Gasteiger charge is -2.05. The van der Waals surface area contributed by atoms with Gasteiger partial charge in [-0.2, -0.15) is 0 Å². The van der Waals surface area contributed by atoms with E-state index < -0.39 is 0 Å². The number of benzene rings is 1. The second-order valence-corrected chi connectivity index (χ2v) is 5.05. The normalized spacial score (nSPS) is 14.5. The first kappa shape index (κ1) is 13.1. The highest BCUT2D eigenvalue weighted by molar-refractivity contribution is 5.40. The molecule has 1 N–H and O–H groups in total. The van der Waals surface area contributed by atoms with Gasteiger partial charge in [-0.3, -0.25) is 0 Å². The molecule has 0 radical (unpaired) electrons. The first-order chi connectivity index (χ1) is 9.76. The minimum atomic E-state index is -0.354. The summed E-state index contributed by atoms with van der Waals surface area (Å²) in [4.78, 5) is 0. The van der Waals surface area contributed by atoms with Gasteiger partial charge in [-0.05, 0) is 37.4 Å². The SMILES string of the molecule is COc1ccc(F)c(-n2cc(CNCC3CC3)nn2)c1. The van der Waals surface area contributed by atoms with Crippen LogP contribution >= 0.6 is 0 Å². The maximum absolute atomic E-state index is 13.8. The van der Waals surface area contributed by atoms with Gasteiger partial charge in [-0.25, -0.2) is 9.07 Å². The van der Waals surface area contributed by atoms with Crippen LogP contribution in [0.15, 0.2) is 24.4 Å². The fourth-order valence-electron chi connectivity index (χ4n) is 2.02. The second kappa shape index (κ2) is 5.58. The molecule has 1 aromatic carbocycles. The summed E-state index contributed by atoms with van der Waals surface area (Å²) in [7, 11) is 1.55. The van der Waals surface area contributed by atoms with Gasteiger partial charge in [-0.15, -0.1) is 5.10 Å². The standard InChI is InChI=1S/C14H17FN4O/c1-20-12-4-5-13(15)14(6-12)19-9-11(17-18-19)8-16-7-10-2-3-10/h4-6,9-10,16H,2-3,7-8H2,1H3. The quantitative estimate of drug-likeness (QED) is 0.875. The number of aromatic nitrogens is 3. The summed E-state index contributed by atoms with van der Waals surface area (Å²) in [6, 6.07) is 4.54. The number of hydrogen-bond donors (Lipinski definition) is 1. The summed E-state index contributed by atoms with van der Waals surface area (Å²) < 4.78 is 20.3. The highest BCUT2D eigenvalue weighted by Crippen LogP contribution is 2.27. The molecular weight excluding hydrogens is 259 g/mol. The molecule has 106 valence electrons. The lowest BCUT2D eigenvalue weighted by atomic mass is 10.3. The van der Waals surface area contributed by atoms with Crippen molar-refractivity contribution in [3.63, 3.8) is 0 Å². The Hall–Kier alpha value is -1.95. The van der Waals surface area contributed by atoms with Crippen molar-refractivity contribution in [2.24, 2.45) is 5.92 Å². The molecule has 1 fully saturated rings. The van der Waals surface area contributed by atoms with Crippen LogP contribution in [-0.2, 0) is 6.54 Å². The maximum atomic E-state index is 13.8. The first-order valence-electron chi connectivity index (χ1n) is 6.72. The fraction of sp³-hybridized carbons (Fsp3) is 0.429. The summed E-state index contributed by atoms with van der Waals surface area (Å²) in [6.45, 7) is 1.67. The number of rotatable bonds is 6. The molecule has 20 heavy (non-hydrogen) atoms. The van der Waals surface area contributed by atoms with Crippen LogP contribution in [-0.4, -0.2) is 28.6 Å². The van der Waals surface area contributed by atoms with Crippen molar-refractivity contribution < 1.29 is 9.13 Å². The van der Waals surface area contributed by atoms with Crippen LogP contribution in [0.1, 0.15) is 18.5 Å². The van der Waals surface area contributed by atoms with Crippen LogP contribution in [0, 0.1) is 11.7 Å². The molecule has 0 saturated heterocycles. The zero-order chi connectivity index (χ0) is 13.9. The van der Waals surface area contributed by atoms with Gasteiger partial charge in [-0.1, -0.05) is 5.21 Å². The predicted octanol–water partition coefficient (Wildman–Crippen LogP) is 1.91. The van der Waals surface area contributed by atoms with Crippen molar-refractivity contribution >= 4 is 0 Å². The van der Waals surface area contributed by atoms with Crippen molar-refractivity contribution in [3.05, 3.63) is 35.9 Å². The Labute approximate surface area is 116 Å². The van der Waals surface area contributed by atoms with E-state index in [9.17, 15) is 4.39 Å². The van der Waals surface area contributed by atoms with Crippen LogP contribution < -0.4 is 10.1 Å². The number of ether oxygens (including phenoxy) is 1. The van der Waals surface area contributed by atoms with Crippen LogP contribution in [0.5, 0.6) is 5.75 Å². The second-order valence-electron chi connectivity index (χ2n) is 5.05. The lowest BCUT2D eigenvalue weighted by Crippen LogP contribution is -2.16. The van der Waals surface area contributed by atoms with Gasteiger partial charge in [0.2, 0.25) is 0 Å². The van der Waals surface area contributed by atoms with Crippen molar-refractivity contribution in [1.29, 1.82) is 0 Å². The zero-order valence-corrected chi connectivity index (χ0v) is 11.3. The Morgan fingerprint density at radius 2 is 2.30 bits per heavy atom. The Kier molecular flexibility index (Phi) is 3.64. The zero-order valence-electron chi connectivity index (χ0n) is 11.3. The van der Waals surface area contributed by atoms with Gasteiger partial charge in [0.05, 0.1) is 19.0 Å². The molecule has 1 saturated carbocycles. The molecular formula is C14H17FN4O. The number of nitrogens with zero attached hydrogens (tertiary/aromatic N) is 3. The summed E-state index contributed by atoms with van der Waals surface area (Å²) in [5.74, 6) is 1.05. The fourth-order valence-corrected chi connectivity index (χ4v) is 2.02. The topological polar surface area (TPSA) is 52.0 Å². The molecule has 0 unspecified atom stereocenters. The van der Waals surface area contributed by atoms with E-state index in [0.717, 1.165) is 18.2 Å². The summed E-state index contributed by atoms with van der Waals surface area (Å²) in [6.07, 6.45) is 4.36. The molecule has 1 heterocycles. The highest BCUT2D eigenvalue weighted by Gasteiger charge is 2.20. The molecule has 1 aromatic heterocycles. The molecule has 0 spiro atoms. The van der Waals surface area contributed by atoms with E-state index >= 15 is 0 Å². The number of nitrogens with one attached hydrogen (secondary N) is 1. The Morgan fingerprint density at radius 3 is 3.05 bits per heavy atom. The molecule has 0 aliphatic heterocycles. The van der Waals surface area contributed by atoms with Crippen molar-refractivity contribution in [1.82, 2.24) is 20.3 Å². The Morgan fingerprint density at radius 1 is 1.45 bits per heavy atom. The smallest absolute Gasteiger partial charge is 0.149 e. The van der Waals surface area contributed by atoms with E-state index in [1.807, 2.05) is 0 Å². The van der Waals surface area contributed by atoms with Crippen molar-refractivity contribution in [2.75, 3.05) is 13.7 Å². The molecule has 1 aliphatic carbocycles. The van der Waals surface area contributed by atoms with E-state index in [0.29, 0.717) is 18.0 Å². The van der Waals surface area contributed by atoms with Gasteiger partial charge in [0.1, 0.15) is 17.3 Å². The van der Waals surface area contributed by atoms with Crippen LogP contribution in [0.4, 0.5) is 4.39 Å². The molecule has 5 nitrogen and oxygen atoms in total. The highest BCUT2D eigenvalue weighted by atomic mass is 19.1. The molecule has 0 amide bonds. The Balaban J connectivity index is 1.71. The predicted molar refractivity (Wildman–Crippen MR) is 72.3 cm³/mol. The van der Waals surface area contributed by atoms with E-state index in [1.54, 1.807) is 25.4 Å². The van der Waals surface area contributed by atoms with Gasteiger partial charge >= 0.3 is 0 Å². The third kappa shape index (κ3) is 2.96. The minimum Gasteiger partial charge on any atom is -0.497 e. The number of methoxy groups -OCH3 is 1. The third-order valence-corrected chi connectivity index (χ3v) is 3.38. The van der Waals surface area contributed by atoms with Gasteiger partial charge in [0.15, 0.2) is 0 Å². The van der Waals surface area contributed by atoms with Crippen LogP contribution in [0.3, 0.4) is 0 Å². The van der Waals surface area contributed by atoms with E-state index in [4.69, 9.17) is 4.74 Å². The summed E-state index contributed by atoms with van der Waals surface area (Å²) >= 11 is 0. The van der Waals surface area contributed by atoms with Crippen LogP contribution in [0.25, 0.3) is 5.69 Å². The van der Waals surface area contributed by atoms with Crippen molar-refractivity contribution in [3.8, 4) is 11.4 Å². The van der Waals surface area contributed by atoms with Gasteiger partial charge in [0, 0.05) is 12.6 Å². The maximum Gasteiger partial charge on any atom is 0.149 e. The monoisotopic (exact) mass is 276 g/mol. The minimum absolute atomic E-state index is 0.338. The molecule has 2 aromatic rings. The van der Waals surface area contributed by atoms with Crippen molar-refractivity contribution in [2.45, 2.75) is 19.4 Å². The lowest BCUT2D eigenvalue weighted by molar-refractivity contribution is 0.413. The number of hydrogen-bond acceptors (Lipinski definition) is 4.